The van der Waals surface area contributed by atoms with Gasteiger partial charge in [-0.25, -0.2) is 10.2 Å². The monoisotopic (exact) mass is 222 g/mol. The molecule has 1 aromatic carbocycles. The number of carbonyl (C=O) groups is 1. The van der Waals surface area contributed by atoms with Crippen molar-refractivity contribution in [3.8, 4) is 5.75 Å². The molecule has 1 aromatic rings. The number of hydrogen-bond donors (Lipinski definition) is 1. The molecule has 1 N–H and O–H groups in total. The van der Waals surface area contributed by atoms with E-state index in [1.807, 2.05) is 18.2 Å². The van der Waals surface area contributed by atoms with E-state index >= 15 is 0 Å². The van der Waals surface area contributed by atoms with Crippen molar-refractivity contribution in [2.45, 2.75) is 6.92 Å². The normalized spacial score (nSPS) is 10.1. The van der Waals surface area contributed by atoms with Gasteiger partial charge in [0.2, 0.25) is 0 Å². The number of nitrogens with one attached hydrogen (secondary N) is 1. The van der Waals surface area contributed by atoms with Crippen LogP contribution in [0.4, 0.5) is 4.79 Å². The number of amides is 1. The quantitative estimate of drug-likeness (QED) is 0.624. The van der Waals surface area contributed by atoms with E-state index in [-0.39, 0.29) is 0 Å². The predicted molar refractivity (Wildman–Crippen MR) is 60.7 cm³/mol. The first-order chi connectivity index (χ1) is 7.76. The third kappa shape index (κ3) is 4.00. The second-order valence-electron chi connectivity index (χ2n) is 2.87. The first-order valence-corrected chi connectivity index (χ1v) is 4.86. The molecule has 0 heterocycles. The first kappa shape index (κ1) is 12.0. The highest BCUT2D eigenvalue weighted by Gasteiger charge is 1.96. The minimum absolute atomic E-state index is 0.320. The molecule has 0 atom stereocenters. The molecule has 0 bridgehead atoms. The summed E-state index contributed by atoms with van der Waals surface area (Å²) in [6.07, 6.45) is 0.945. The fourth-order valence-electron chi connectivity index (χ4n) is 1.04. The van der Waals surface area contributed by atoms with Crippen LogP contribution in [0.2, 0.25) is 0 Å². The molecule has 0 fully saturated rings. The lowest BCUT2D eigenvalue weighted by atomic mass is 10.2. The van der Waals surface area contributed by atoms with Gasteiger partial charge in [0.05, 0.1) is 19.9 Å². The molecule has 5 nitrogen and oxygen atoms in total. The van der Waals surface area contributed by atoms with Crippen molar-refractivity contribution in [1.82, 2.24) is 5.43 Å². The molecule has 0 radical (unpaired) electrons. The Bertz CT molecular complexity index is 377. The molecular weight excluding hydrogens is 208 g/mol. The minimum atomic E-state index is -0.568. The summed E-state index contributed by atoms with van der Waals surface area (Å²) in [6, 6.07) is 7.32. The summed E-state index contributed by atoms with van der Waals surface area (Å²) >= 11 is 0. The van der Waals surface area contributed by atoms with Crippen LogP contribution >= 0.6 is 0 Å². The molecule has 16 heavy (non-hydrogen) atoms. The van der Waals surface area contributed by atoms with Gasteiger partial charge in [-0.2, -0.15) is 5.10 Å². The number of ether oxygens (including phenoxy) is 2. The van der Waals surface area contributed by atoms with Crippen LogP contribution in [0.25, 0.3) is 0 Å². The van der Waals surface area contributed by atoms with Crippen LogP contribution in [0.1, 0.15) is 12.5 Å². The first-order valence-electron chi connectivity index (χ1n) is 4.86. The van der Waals surface area contributed by atoms with Gasteiger partial charge in [0, 0.05) is 0 Å². The van der Waals surface area contributed by atoms with Crippen molar-refractivity contribution in [1.29, 1.82) is 0 Å². The average Bonchev–Trinajstić information content (AvgIpc) is 2.30. The van der Waals surface area contributed by atoms with Crippen molar-refractivity contribution >= 4 is 12.3 Å². The second kappa shape index (κ2) is 6.44. The van der Waals surface area contributed by atoms with Crippen LogP contribution in [0.15, 0.2) is 29.4 Å². The van der Waals surface area contributed by atoms with E-state index in [1.54, 1.807) is 20.1 Å². The third-order valence-corrected chi connectivity index (χ3v) is 1.74. The summed E-state index contributed by atoms with van der Waals surface area (Å²) in [5, 5.41) is 3.73. The van der Waals surface area contributed by atoms with Gasteiger partial charge in [0.25, 0.3) is 0 Å². The fraction of sp³-hybridized carbons (Fsp3) is 0.273. The minimum Gasteiger partial charge on any atom is -0.497 e. The molecule has 0 aromatic heterocycles. The highest BCUT2D eigenvalue weighted by molar-refractivity contribution is 5.81. The van der Waals surface area contributed by atoms with Crippen LogP contribution in [0.5, 0.6) is 5.75 Å². The molecule has 5 heteroatoms. The van der Waals surface area contributed by atoms with Crippen molar-refractivity contribution in [3.05, 3.63) is 29.8 Å². The average molecular weight is 222 g/mol. The zero-order valence-corrected chi connectivity index (χ0v) is 9.27. The number of carbonyl (C=O) groups excluding carboxylic acids is 1. The zero-order chi connectivity index (χ0) is 11.8. The van der Waals surface area contributed by atoms with Gasteiger partial charge in [-0.3, -0.25) is 0 Å². The Hall–Kier alpha value is -2.04. The lowest BCUT2D eigenvalue weighted by molar-refractivity contribution is 0.152. The summed E-state index contributed by atoms with van der Waals surface area (Å²) < 4.78 is 9.68. The summed E-state index contributed by atoms with van der Waals surface area (Å²) in [4.78, 5) is 10.9. The van der Waals surface area contributed by atoms with Crippen molar-refractivity contribution in [3.63, 3.8) is 0 Å². The molecule has 0 saturated heterocycles. The van der Waals surface area contributed by atoms with Crippen molar-refractivity contribution < 1.29 is 14.3 Å². The maximum Gasteiger partial charge on any atom is 0.427 e. The largest absolute Gasteiger partial charge is 0.497 e. The van der Waals surface area contributed by atoms with Gasteiger partial charge in [-0.05, 0) is 24.6 Å². The van der Waals surface area contributed by atoms with Crippen molar-refractivity contribution in [2.75, 3.05) is 13.7 Å². The Balaban J connectivity index is 2.52. The Kier molecular flexibility index (Phi) is 4.85. The Morgan fingerprint density at radius 2 is 2.38 bits per heavy atom. The van der Waals surface area contributed by atoms with Crippen LogP contribution < -0.4 is 10.2 Å². The molecular formula is C11H14N2O3. The number of hydrogen-bond acceptors (Lipinski definition) is 4. The number of hydrazone groups is 1. The smallest absolute Gasteiger partial charge is 0.427 e. The van der Waals surface area contributed by atoms with E-state index in [0.717, 1.165) is 11.3 Å². The fourth-order valence-corrected chi connectivity index (χ4v) is 1.04. The Morgan fingerprint density at radius 1 is 1.56 bits per heavy atom. The molecule has 1 amide bonds. The van der Waals surface area contributed by atoms with Gasteiger partial charge in [0.1, 0.15) is 5.75 Å². The van der Waals surface area contributed by atoms with Gasteiger partial charge in [-0.1, -0.05) is 12.1 Å². The van der Waals surface area contributed by atoms with E-state index in [4.69, 9.17) is 4.74 Å². The van der Waals surface area contributed by atoms with Gasteiger partial charge < -0.3 is 9.47 Å². The van der Waals surface area contributed by atoms with E-state index in [2.05, 4.69) is 15.3 Å². The van der Waals surface area contributed by atoms with Crippen LogP contribution in [0, 0.1) is 0 Å². The summed E-state index contributed by atoms with van der Waals surface area (Å²) in [6.45, 7) is 2.05. The van der Waals surface area contributed by atoms with Crippen LogP contribution in [-0.2, 0) is 4.74 Å². The highest BCUT2D eigenvalue weighted by Crippen LogP contribution is 2.10. The lowest BCUT2D eigenvalue weighted by Gasteiger charge is -2.00. The van der Waals surface area contributed by atoms with E-state index in [1.165, 1.54) is 6.21 Å². The Morgan fingerprint density at radius 3 is 3.06 bits per heavy atom. The van der Waals surface area contributed by atoms with Gasteiger partial charge in [-0.15, -0.1) is 0 Å². The number of methoxy groups -OCH3 is 1. The van der Waals surface area contributed by atoms with E-state index < -0.39 is 6.09 Å². The summed E-state index contributed by atoms with van der Waals surface area (Å²) in [5.41, 5.74) is 3.07. The van der Waals surface area contributed by atoms with Gasteiger partial charge >= 0.3 is 6.09 Å². The molecule has 0 spiro atoms. The molecule has 0 aliphatic rings. The molecule has 86 valence electrons. The molecule has 0 aliphatic heterocycles. The number of nitrogens with zero attached hydrogens (tertiary/aromatic N) is 1. The standard InChI is InChI=1S/C11H14N2O3/c1-3-16-11(14)13-12-8-9-5-4-6-10(7-9)15-2/h4-8H,3H2,1-2H3,(H,13,14). The maximum absolute atomic E-state index is 10.9. The number of benzene rings is 1. The number of rotatable bonds is 4. The topological polar surface area (TPSA) is 59.9 Å². The Labute approximate surface area is 94.1 Å². The predicted octanol–water partition coefficient (Wildman–Crippen LogP) is 1.78. The molecule has 0 aliphatic carbocycles. The maximum atomic E-state index is 10.9. The molecule has 0 saturated carbocycles. The second-order valence-corrected chi connectivity index (χ2v) is 2.87. The van der Waals surface area contributed by atoms with Crippen LogP contribution in [0.3, 0.4) is 0 Å². The molecule has 0 unspecified atom stereocenters. The lowest BCUT2D eigenvalue weighted by Crippen LogP contribution is -2.18. The van der Waals surface area contributed by atoms with E-state index in [9.17, 15) is 4.79 Å². The summed E-state index contributed by atoms with van der Waals surface area (Å²) in [7, 11) is 1.59. The highest BCUT2D eigenvalue weighted by atomic mass is 16.5. The zero-order valence-electron chi connectivity index (χ0n) is 9.27. The van der Waals surface area contributed by atoms with Crippen LogP contribution in [-0.4, -0.2) is 26.0 Å². The molecule has 1 rings (SSSR count). The van der Waals surface area contributed by atoms with E-state index in [0.29, 0.717) is 6.61 Å². The third-order valence-electron chi connectivity index (χ3n) is 1.74. The van der Waals surface area contributed by atoms with Crippen molar-refractivity contribution in [2.24, 2.45) is 5.10 Å². The SMILES string of the molecule is CCOC(=O)NN=Cc1cccc(OC)c1. The summed E-state index contributed by atoms with van der Waals surface area (Å²) in [5.74, 6) is 0.736. The van der Waals surface area contributed by atoms with Gasteiger partial charge in [0.15, 0.2) is 0 Å².